The number of aliphatic hydroxyl groups excluding tert-OH is 1. The molecule has 1 aliphatic heterocycles. The minimum Gasteiger partial charge on any atom is -0.395 e. The summed E-state index contributed by atoms with van der Waals surface area (Å²) in [4.78, 5) is 17.1. The number of piperazine rings is 1. The first-order valence-corrected chi connectivity index (χ1v) is 9.48. The highest BCUT2D eigenvalue weighted by molar-refractivity contribution is 5.81. The molecule has 0 bridgehead atoms. The molecule has 1 aromatic rings. The molecule has 2 N–H and O–H groups in total. The predicted molar refractivity (Wildman–Crippen MR) is 102 cm³/mol. The largest absolute Gasteiger partial charge is 0.395 e. The summed E-state index contributed by atoms with van der Waals surface area (Å²) in [6.07, 6.45) is 0.962. The molecule has 140 valence electrons. The molecule has 1 heterocycles. The molecule has 1 aromatic carbocycles. The first-order valence-electron chi connectivity index (χ1n) is 9.48. The summed E-state index contributed by atoms with van der Waals surface area (Å²) in [6.45, 7) is 10.7. The van der Waals surface area contributed by atoms with Gasteiger partial charge in [-0.05, 0) is 24.8 Å². The van der Waals surface area contributed by atoms with Crippen LogP contribution in [0.1, 0.15) is 38.7 Å². The second-order valence-electron chi connectivity index (χ2n) is 7.05. The maximum absolute atomic E-state index is 12.5. The molecule has 0 spiro atoms. The number of carbonyl (C=O) groups excluding carboxylic acids is 1. The molecule has 5 nitrogen and oxygen atoms in total. The molecule has 1 aliphatic rings. The van der Waals surface area contributed by atoms with Crippen LogP contribution in [0.3, 0.4) is 0 Å². The van der Waals surface area contributed by atoms with E-state index in [9.17, 15) is 9.90 Å². The summed E-state index contributed by atoms with van der Waals surface area (Å²) in [5.74, 6) is 0.412. The minimum atomic E-state index is -0.112. The zero-order chi connectivity index (χ0) is 18.2. The van der Waals surface area contributed by atoms with Crippen molar-refractivity contribution >= 4 is 5.91 Å². The molecule has 1 saturated heterocycles. The Morgan fingerprint density at radius 2 is 1.72 bits per heavy atom. The number of carbonyl (C=O) groups is 1. The zero-order valence-electron chi connectivity index (χ0n) is 15.8. The fraction of sp³-hybridized carbons (Fsp3) is 0.650. The molecule has 2 rings (SSSR count). The number of amides is 1. The van der Waals surface area contributed by atoms with Gasteiger partial charge in [0, 0.05) is 38.8 Å². The third kappa shape index (κ3) is 5.53. The summed E-state index contributed by atoms with van der Waals surface area (Å²) in [5, 5.41) is 12.5. The fourth-order valence-electron chi connectivity index (χ4n) is 3.46. The van der Waals surface area contributed by atoms with Crippen LogP contribution in [0, 0.1) is 0 Å². The van der Waals surface area contributed by atoms with E-state index >= 15 is 0 Å². The lowest BCUT2D eigenvalue weighted by molar-refractivity contribution is -0.126. The SMILES string of the molecule is CCC(CO)N1CCN(C(C)C(=O)NCC(C)c2ccccc2)CC1. The van der Waals surface area contributed by atoms with Crippen molar-refractivity contribution in [2.45, 2.75) is 45.2 Å². The van der Waals surface area contributed by atoms with E-state index in [-0.39, 0.29) is 24.6 Å². The molecular formula is C20H33N3O2. The second kappa shape index (κ2) is 9.90. The van der Waals surface area contributed by atoms with Crippen molar-refractivity contribution < 1.29 is 9.90 Å². The number of benzene rings is 1. The predicted octanol–water partition coefficient (Wildman–Crippen LogP) is 1.68. The first kappa shape index (κ1) is 19.9. The van der Waals surface area contributed by atoms with Crippen molar-refractivity contribution in [1.29, 1.82) is 0 Å². The Balaban J connectivity index is 1.77. The van der Waals surface area contributed by atoms with Gasteiger partial charge in [-0.25, -0.2) is 0 Å². The van der Waals surface area contributed by atoms with Crippen LogP contribution in [0.15, 0.2) is 30.3 Å². The summed E-state index contributed by atoms with van der Waals surface area (Å²) in [6, 6.07) is 10.4. The van der Waals surface area contributed by atoms with Crippen molar-refractivity contribution in [1.82, 2.24) is 15.1 Å². The lowest BCUT2D eigenvalue weighted by Crippen LogP contribution is -2.56. The topological polar surface area (TPSA) is 55.8 Å². The van der Waals surface area contributed by atoms with Crippen molar-refractivity contribution in [3.8, 4) is 0 Å². The molecular weight excluding hydrogens is 314 g/mol. The number of hydrogen-bond donors (Lipinski definition) is 2. The van der Waals surface area contributed by atoms with Gasteiger partial charge in [-0.2, -0.15) is 0 Å². The van der Waals surface area contributed by atoms with Crippen LogP contribution >= 0.6 is 0 Å². The third-order valence-electron chi connectivity index (χ3n) is 5.43. The fourth-order valence-corrected chi connectivity index (χ4v) is 3.46. The number of hydrogen-bond acceptors (Lipinski definition) is 4. The highest BCUT2D eigenvalue weighted by Crippen LogP contribution is 2.14. The van der Waals surface area contributed by atoms with Gasteiger partial charge in [-0.15, -0.1) is 0 Å². The standard InChI is InChI=1S/C20H33N3O2/c1-4-19(15-24)23-12-10-22(11-13-23)17(3)20(25)21-14-16(2)18-8-6-5-7-9-18/h5-9,16-17,19,24H,4,10-15H2,1-3H3,(H,21,25). The normalized spacial score (nSPS) is 20.0. The van der Waals surface area contributed by atoms with Crippen molar-refractivity contribution in [2.24, 2.45) is 0 Å². The van der Waals surface area contributed by atoms with Crippen LogP contribution in [0.2, 0.25) is 0 Å². The van der Waals surface area contributed by atoms with E-state index in [0.29, 0.717) is 12.5 Å². The average Bonchev–Trinajstić information content (AvgIpc) is 2.67. The second-order valence-corrected chi connectivity index (χ2v) is 7.05. The minimum absolute atomic E-state index is 0.102. The molecule has 0 aliphatic carbocycles. The Hall–Kier alpha value is -1.43. The Bertz CT molecular complexity index is 511. The highest BCUT2D eigenvalue weighted by Gasteiger charge is 2.27. The molecule has 1 fully saturated rings. The first-order chi connectivity index (χ1) is 12.1. The van der Waals surface area contributed by atoms with Gasteiger partial charge in [0.15, 0.2) is 0 Å². The van der Waals surface area contributed by atoms with Gasteiger partial charge in [0.2, 0.25) is 5.91 Å². The van der Waals surface area contributed by atoms with Crippen LogP contribution < -0.4 is 5.32 Å². The van der Waals surface area contributed by atoms with Gasteiger partial charge in [0.25, 0.3) is 0 Å². The molecule has 5 heteroatoms. The van der Waals surface area contributed by atoms with Crippen molar-refractivity contribution in [2.75, 3.05) is 39.3 Å². The van der Waals surface area contributed by atoms with Crippen molar-refractivity contribution in [3.05, 3.63) is 35.9 Å². The van der Waals surface area contributed by atoms with E-state index in [2.05, 4.69) is 41.1 Å². The van der Waals surface area contributed by atoms with Gasteiger partial charge in [-0.3, -0.25) is 14.6 Å². The number of aliphatic hydroxyl groups is 1. The molecule has 1 amide bonds. The van der Waals surface area contributed by atoms with Crippen LogP contribution in [-0.4, -0.2) is 72.2 Å². The average molecular weight is 348 g/mol. The lowest BCUT2D eigenvalue weighted by Gasteiger charge is -2.40. The zero-order valence-corrected chi connectivity index (χ0v) is 15.8. The molecule has 0 aromatic heterocycles. The Labute approximate surface area is 152 Å². The summed E-state index contributed by atoms with van der Waals surface area (Å²) in [5.41, 5.74) is 1.25. The summed E-state index contributed by atoms with van der Waals surface area (Å²) < 4.78 is 0. The Kier molecular flexibility index (Phi) is 7.88. The molecule has 25 heavy (non-hydrogen) atoms. The number of nitrogens with one attached hydrogen (secondary N) is 1. The van der Waals surface area contributed by atoms with Crippen LogP contribution in [0.5, 0.6) is 0 Å². The van der Waals surface area contributed by atoms with E-state index < -0.39 is 0 Å². The molecule has 3 unspecified atom stereocenters. The molecule has 3 atom stereocenters. The molecule has 0 radical (unpaired) electrons. The van der Waals surface area contributed by atoms with Gasteiger partial charge < -0.3 is 10.4 Å². The Morgan fingerprint density at radius 3 is 2.28 bits per heavy atom. The summed E-state index contributed by atoms with van der Waals surface area (Å²) >= 11 is 0. The maximum Gasteiger partial charge on any atom is 0.237 e. The molecule has 0 saturated carbocycles. The van der Waals surface area contributed by atoms with Crippen LogP contribution in [0.25, 0.3) is 0 Å². The van der Waals surface area contributed by atoms with Gasteiger partial charge >= 0.3 is 0 Å². The quantitative estimate of drug-likeness (QED) is 0.751. The van der Waals surface area contributed by atoms with E-state index in [4.69, 9.17) is 0 Å². The maximum atomic E-state index is 12.5. The smallest absolute Gasteiger partial charge is 0.237 e. The third-order valence-corrected chi connectivity index (χ3v) is 5.43. The highest BCUT2D eigenvalue weighted by atomic mass is 16.3. The van der Waals surface area contributed by atoms with Gasteiger partial charge in [0.1, 0.15) is 0 Å². The van der Waals surface area contributed by atoms with Crippen LogP contribution in [0.4, 0.5) is 0 Å². The van der Waals surface area contributed by atoms with E-state index in [1.54, 1.807) is 0 Å². The summed E-state index contributed by atoms with van der Waals surface area (Å²) in [7, 11) is 0. The number of nitrogens with zero attached hydrogens (tertiary/aromatic N) is 2. The van der Waals surface area contributed by atoms with Crippen LogP contribution in [-0.2, 0) is 4.79 Å². The van der Waals surface area contributed by atoms with E-state index in [1.165, 1.54) is 5.56 Å². The monoisotopic (exact) mass is 347 g/mol. The van der Waals surface area contributed by atoms with E-state index in [1.807, 2.05) is 25.1 Å². The number of rotatable bonds is 8. The van der Waals surface area contributed by atoms with E-state index in [0.717, 1.165) is 32.6 Å². The van der Waals surface area contributed by atoms with Crippen molar-refractivity contribution in [3.63, 3.8) is 0 Å². The lowest BCUT2D eigenvalue weighted by atomic mass is 10.0. The van der Waals surface area contributed by atoms with Gasteiger partial charge in [-0.1, -0.05) is 44.2 Å². The van der Waals surface area contributed by atoms with Gasteiger partial charge in [0.05, 0.1) is 12.6 Å². The Morgan fingerprint density at radius 1 is 1.12 bits per heavy atom.